The Hall–Kier alpha value is -5.66. The molecule has 3 fully saturated rings. The summed E-state index contributed by atoms with van der Waals surface area (Å²) < 4.78 is 9.60. The van der Waals surface area contributed by atoms with E-state index in [0.29, 0.717) is 19.0 Å². The Kier molecular flexibility index (Phi) is 11.2. The molecule has 4 aromatic rings. The molecule has 3 unspecified atom stereocenters. The first-order valence-electron chi connectivity index (χ1n) is 21.5. The van der Waals surface area contributed by atoms with E-state index in [1.54, 1.807) is 0 Å². The van der Waals surface area contributed by atoms with Crippen molar-refractivity contribution >= 4 is 24.0 Å². The summed E-state index contributed by atoms with van der Waals surface area (Å²) in [6.45, 7) is 11.3. The second-order valence-corrected chi connectivity index (χ2v) is 18.0. The van der Waals surface area contributed by atoms with Crippen molar-refractivity contribution in [2.45, 2.75) is 115 Å². The van der Waals surface area contributed by atoms with Gasteiger partial charge in [0.25, 0.3) is 0 Å². The fourth-order valence-electron chi connectivity index (χ4n) is 10.4. The molecule has 2 aliphatic carbocycles. The van der Waals surface area contributed by atoms with Crippen LogP contribution in [0.15, 0.2) is 48.8 Å². The van der Waals surface area contributed by atoms with Crippen LogP contribution in [0.4, 0.5) is 9.59 Å². The van der Waals surface area contributed by atoms with Crippen molar-refractivity contribution in [3.63, 3.8) is 0 Å². The van der Waals surface area contributed by atoms with E-state index in [-0.39, 0.29) is 41.1 Å². The van der Waals surface area contributed by atoms with E-state index in [1.165, 1.54) is 36.5 Å². The van der Waals surface area contributed by atoms with Gasteiger partial charge in [0.15, 0.2) is 0 Å². The second-order valence-electron chi connectivity index (χ2n) is 18.0. The van der Waals surface area contributed by atoms with Crippen molar-refractivity contribution in [3.05, 3.63) is 71.6 Å². The summed E-state index contributed by atoms with van der Waals surface area (Å²) in [6.07, 6.45) is 9.24. The van der Waals surface area contributed by atoms with Crippen molar-refractivity contribution in [1.29, 1.82) is 0 Å². The molecule has 0 radical (unpaired) electrons. The smallest absolute Gasteiger partial charge is 0.407 e. The van der Waals surface area contributed by atoms with Gasteiger partial charge in [-0.25, -0.2) is 19.6 Å². The highest BCUT2D eigenvalue weighted by Crippen LogP contribution is 2.61. The molecular weight excluding hydrogens is 761 g/mol. The van der Waals surface area contributed by atoms with Crippen molar-refractivity contribution in [2.24, 2.45) is 11.8 Å². The number of methoxy groups -OCH3 is 2. The Balaban J connectivity index is 1.03. The summed E-state index contributed by atoms with van der Waals surface area (Å²) in [5.74, 6) is 1.52. The van der Waals surface area contributed by atoms with Crippen molar-refractivity contribution in [2.75, 3.05) is 27.3 Å². The van der Waals surface area contributed by atoms with E-state index in [2.05, 4.69) is 63.9 Å². The topological polar surface area (TPSA) is 175 Å². The monoisotopic (exact) mass is 818 g/mol. The van der Waals surface area contributed by atoms with Crippen LogP contribution in [-0.2, 0) is 24.5 Å². The maximum atomic E-state index is 13.8. The number of carbonyl (C=O) groups excluding carboxylic acids is 4. The molecule has 2 saturated heterocycles. The minimum Gasteiger partial charge on any atom is -0.453 e. The second kappa shape index (κ2) is 16.4. The molecule has 60 heavy (non-hydrogen) atoms. The number of rotatable bonds is 11. The first-order chi connectivity index (χ1) is 28.8. The number of nitrogens with one attached hydrogen (secondary N) is 4. The van der Waals surface area contributed by atoms with Crippen LogP contribution in [-0.4, -0.2) is 93.1 Å². The Morgan fingerprint density at radius 1 is 0.717 bits per heavy atom. The SMILES string of the molecule is COC(=O)NC(C(=O)N1CCC[C@@H]1c1ncc(-c2ccc(-c3ccc(-c4cnc([C@@H]5CCCN5C(=O)[C@@H](NC(=O)OC)C(C)C)[nH]4)cc3)c3c2C2(C)CCC3C2)[nH]1)C(C)C. The summed E-state index contributed by atoms with van der Waals surface area (Å²) in [7, 11) is 2.60. The predicted molar refractivity (Wildman–Crippen MR) is 227 cm³/mol. The van der Waals surface area contributed by atoms with Crippen molar-refractivity contribution in [3.8, 4) is 33.6 Å². The van der Waals surface area contributed by atoms with E-state index < -0.39 is 24.3 Å². The van der Waals surface area contributed by atoms with E-state index >= 15 is 0 Å². The molecular formula is C46H58N8O6. The van der Waals surface area contributed by atoms with E-state index in [4.69, 9.17) is 19.4 Å². The highest BCUT2D eigenvalue weighted by molar-refractivity contribution is 5.87. The van der Waals surface area contributed by atoms with E-state index in [1.807, 2.05) is 49.9 Å². The highest BCUT2D eigenvalue weighted by Gasteiger charge is 2.49. The third-order valence-electron chi connectivity index (χ3n) is 13.5. The van der Waals surface area contributed by atoms with Crippen LogP contribution in [0.2, 0.25) is 0 Å². The summed E-state index contributed by atoms with van der Waals surface area (Å²) in [4.78, 5) is 72.1. The molecule has 14 nitrogen and oxygen atoms in total. The molecule has 4 amide bonds. The standard InChI is InChI=1S/C46H58N8O6/c1-25(2)38(51-44(57)59-6)42(55)53-20-8-10-34(53)40-47-23-32(49-40)28-14-12-27(13-15-28)30-16-17-31(37-36(30)29-18-19-46(37,5)22-29)33-24-48-41(50-33)35-11-9-21-54(35)43(56)39(26(3)4)52-45(58)60-7/h12-17,23-26,29,34-35,38-39H,8-11,18-22H2,1-7H3,(H,47,49)(H,48,50)(H,51,57)(H,52,58)/t29?,34-,35+,38-,39?,46?/m0/s1. The average Bonchev–Trinajstić information content (AvgIpc) is 4.11. The van der Waals surface area contributed by atoms with Gasteiger partial charge in [0.2, 0.25) is 11.8 Å². The summed E-state index contributed by atoms with van der Waals surface area (Å²) in [5.41, 5.74) is 9.31. The molecule has 1 saturated carbocycles. The van der Waals surface area contributed by atoms with Gasteiger partial charge in [-0.3, -0.25) is 9.59 Å². The van der Waals surface area contributed by atoms with Crippen LogP contribution in [0.1, 0.15) is 120 Å². The average molecular weight is 819 g/mol. The lowest BCUT2D eigenvalue weighted by atomic mass is 9.76. The van der Waals surface area contributed by atoms with Gasteiger partial charge in [-0.05, 0) is 95.9 Å². The zero-order chi connectivity index (χ0) is 42.5. The number of H-pyrrole nitrogens is 2. The molecule has 2 aromatic heterocycles. The molecule has 4 aliphatic rings. The summed E-state index contributed by atoms with van der Waals surface area (Å²) in [5, 5.41) is 5.46. The van der Waals surface area contributed by atoms with Gasteiger partial charge >= 0.3 is 12.2 Å². The number of carbonyl (C=O) groups is 4. The third kappa shape index (κ3) is 7.42. The van der Waals surface area contributed by atoms with Gasteiger partial charge in [0.05, 0.1) is 50.1 Å². The maximum Gasteiger partial charge on any atom is 0.407 e. The molecule has 2 aliphatic heterocycles. The van der Waals surface area contributed by atoms with Crippen LogP contribution in [0.25, 0.3) is 33.6 Å². The molecule has 0 spiro atoms. The molecule has 14 heteroatoms. The largest absolute Gasteiger partial charge is 0.453 e. The van der Waals surface area contributed by atoms with E-state index in [0.717, 1.165) is 79.1 Å². The van der Waals surface area contributed by atoms with Gasteiger partial charge < -0.3 is 39.9 Å². The van der Waals surface area contributed by atoms with Crippen molar-refractivity contribution < 1.29 is 28.7 Å². The number of aromatic nitrogens is 4. The van der Waals surface area contributed by atoms with E-state index in [9.17, 15) is 19.2 Å². The number of alkyl carbamates (subject to hydrolysis) is 2. The van der Waals surface area contributed by atoms with Crippen LogP contribution in [0, 0.1) is 11.8 Å². The minimum absolute atomic E-state index is 0.0579. The van der Waals surface area contributed by atoms with Gasteiger partial charge in [0, 0.05) is 18.7 Å². The van der Waals surface area contributed by atoms with Crippen LogP contribution >= 0.6 is 0 Å². The quantitative estimate of drug-likeness (QED) is 0.119. The molecule has 4 N–H and O–H groups in total. The number of fused-ring (bicyclic) bond motifs is 5. The molecule has 2 bridgehead atoms. The first kappa shape index (κ1) is 41.1. The number of hydrogen-bond acceptors (Lipinski definition) is 8. The molecule has 6 atom stereocenters. The number of benzene rings is 2. The van der Waals surface area contributed by atoms with Gasteiger partial charge in [-0.2, -0.15) is 0 Å². The lowest BCUT2D eigenvalue weighted by Crippen LogP contribution is -2.51. The number of amides is 4. The van der Waals surface area contributed by atoms with Crippen LogP contribution in [0.5, 0.6) is 0 Å². The zero-order valence-corrected chi connectivity index (χ0v) is 35.8. The Morgan fingerprint density at radius 3 is 1.75 bits per heavy atom. The fourth-order valence-corrected chi connectivity index (χ4v) is 10.4. The minimum atomic E-state index is -0.688. The molecule has 4 heterocycles. The zero-order valence-electron chi connectivity index (χ0n) is 35.8. The number of likely N-dealkylation sites (tertiary alicyclic amines) is 2. The van der Waals surface area contributed by atoms with Gasteiger partial charge in [0.1, 0.15) is 23.7 Å². The predicted octanol–water partition coefficient (Wildman–Crippen LogP) is 7.76. The van der Waals surface area contributed by atoms with Crippen LogP contribution < -0.4 is 10.6 Å². The Bertz CT molecular complexity index is 2260. The lowest BCUT2D eigenvalue weighted by Gasteiger charge is -2.30. The first-order valence-corrected chi connectivity index (χ1v) is 21.5. The number of nitrogens with zero attached hydrogens (tertiary/aromatic N) is 4. The normalized spacial score (nSPS) is 22.9. The summed E-state index contributed by atoms with van der Waals surface area (Å²) in [6, 6.07) is 11.3. The van der Waals surface area contributed by atoms with Crippen LogP contribution in [0.3, 0.4) is 0 Å². The molecule has 2 aromatic carbocycles. The fraction of sp³-hybridized carbons (Fsp3) is 0.522. The number of ether oxygens (including phenoxy) is 2. The number of imidazole rings is 2. The Morgan fingerprint density at radius 2 is 1.22 bits per heavy atom. The Labute approximate surface area is 351 Å². The summed E-state index contributed by atoms with van der Waals surface area (Å²) >= 11 is 0. The van der Waals surface area contributed by atoms with Gasteiger partial charge in [-0.15, -0.1) is 0 Å². The number of hydrogen-bond donors (Lipinski definition) is 4. The van der Waals surface area contributed by atoms with Gasteiger partial charge in [-0.1, -0.05) is 71.0 Å². The van der Waals surface area contributed by atoms with Crippen molar-refractivity contribution in [1.82, 2.24) is 40.4 Å². The molecule has 8 rings (SSSR count). The maximum absolute atomic E-state index is 13.8. The lowest BCUT2D eigenvalue weighted by molar-refractivity contribution is -0.136. The third-order valence-corrected chi connectivity index (χ3v) is 13.5. The highest BCUT2D eigenvalue weighted by atomic mass is 16.5. The molecule has 318 valence electrons. The number of aromatic amines is 2.